The highest BCUT2D eigenvalue weighted by atomic mass is 16.6. The van der Waals surface area contributed by atoms with Crippen molar-refractivity contribution < 1.29 is 29.3 Å². The van der Waals surface area contributed by atoms with E-state index in [1.165, 1.54) is 96.3 Å². The third-order valence-corrected chi connectivity index (χ3v) is 8.86. The van der Waals surface area contributed by atoms with Crippen LogP contribution >= 0.6 is 0 Å². The lowest BCUT2D eigenvalue weighted by Crippen LogP contribution is -2.28. The molecule has 6 heteroatoms. The fraction of sp³-hybridized carbons (Fsp3) is 0.696. The molecule has 0 aliphatic carbocycles. The number of ether oxygens (including phenoxy) is 2. The van der Waals surface area contributed by atoms with Crippen molar-refractivity contribution in [2.75, 3.05) is 13.2 Å². The molecular weight excluding hydrogens is 648 g/mol. The Morgan fingerprint density at radius 1 is 0.558 bits per heavy atom. The quantitative estimate of drug-likeness (QED) is 0.0286. The van der Waals surface area contributed by atoms with Crippen molar-refractivity contribution in [2.45, 2.75) is 193 Å². The van der Waals surface area contributed by atoms with Gasteiger partial charge >= 0.3 is 11.9 Å². The summed E-state index contributed by atoms with van der Waals surface area (Å²) in [5.41, 5.74) is 0. The number of hydrogen-bond donors (Lipinski definition) is 2. The number of aliphatic hydroxyl groups is 2. The van der Waals surface area contributed by atoms with E-state index < -0.39 is 12.2 Å². The Bertz CT molecular complexity index is 975. The van der Waals surface area contributed by atoms with Crippen LogP contribution in [-0.2, 0) is 19.1 Å². The van der Waals surface area contributed by atoms with Gasteiger partial charge in [-0.15, -0.1) is 0 Å². The highest BCUT2D eigenvalue weighted by molar-refractivity contribution is 5.70. The Hall–Kier alpha value is -2.70. The molecule has 0 bridgehead atoms. The third-order valence-electron chi connectivity index (χ3n) is 8.86. The van der Waals surface area contributed by atoms with Crippen molar-refractivity contribution in [1.82, 2.24) is 0 Å². The molecule has 0 radical (unpaired) electrons. The van der Waals surface area contributed by atoms with Gasteiger partial charge in [-0.25, -0.2) is 0 Å². The molecule has 0 fully saturated rings. The van der Waals surface area contributed by atoms with Crippen molar-refractivity contribution in [2.24, 2.45) is 0 Å². The van der Waals surface area contributed by atoms with E-state index in [2.05, 4.69) is 44.2 Å². The number of unbranched alkanes of at least 4 members (excludes halogenated alkanes) is 17. The van der Waals surface area contributed by atoms with Crippen LogP contribution < -0.4 is 0 Å². The highest BCUT2D eigenvalue weighted by Gasteiger charge is 2.15. The molecule has 0 heterocycles. The standard InChI is InChI=1S/C46H78O6/c1-3-5-7-9-11-12-13-14-15-16-17-18-19-20-25-28-32-36-40-46(50)52-44(41-47)42-51-45(49)39-35-31-27-24-22-21-23-26-30-34-38-43(48)37-33-29-10-8-6-4-2/h6,8,21-22,26-27,29-31,33-34,38,43-44,47-48H,3-5,7,9-20,23-25,28,32,35-37,39-42H2,1-2H3/b8-6-,22-21-,30-26-,31-27-,33-29-,38-34+/t43?,44-/m0/s1. The molecule has 0 aromatic rings. The minimum Gasteiger partial charge on any atom is -0.462 e. The van der Waals surface area contributed by atoms with Crippen LogP contribution in [0.4, 0.5) is 0 Å². The summed E-state index contributed by atoms with van der Waals surface area (Å²) in [6.07, 6.45) is 51.5. The minimum atomic E-state index is -0.817. The van der Waals surface area contributed by atoms with Gasteiger partial charge in [0.05, 0.1) is 12.7 Å². The molecule has 0 rings (SSSR count). The number of rotatable bonds is 37. The second-order valence-corrected chi connectivity index (χ2v) is 13.9. The number of carbonyl (C=O) groups is 2. The summed E-state index contributed by atoms with van der Waals surface area (Å²) >= 11 is 0. The first-order valence-corrected chi connectivity index (χ1v) is 21.1. The normalized spacial score (nSPS) is 13.5. The van der Waals surface area contributed by atoms with Crippen LogP contribution in [0.25, 0.3) is 0 Å². The van der Waals surface area contributed by atoms with Gasteiger partial charge in [0, 0.05) is 12.8 Å². The van der Waals surface area contributed by atoms with E-state index in [-0.39, 0.29) is 31.6 Å². The zero-order chi connectivity index (χ0) is 38.0. The van der Waals surface area contributed by atoms with Gasteiger partial charge < -0.3 is 19.7 Å². The summed E-state index contributed by atoms with van der Waals surface area (Å²) in [5.74, 6) is -0.718. The van der Waals surface area contributed by atoms with Crippen LogP contribution in [0, 0.1) is 0 Å². The van der Waals surface area contributed by atoms with Gasteiger partial charge in [-0.2, -0.15) is 0 Å². The Labute approximate surface area is 319 Å². The van der Waals surface area contributed by atoms with Crippen molar-refractivity contribution in [3.05, 3.63) is 72.9 Å². The maximum absolute atomic E-state index is 12.2. The summed E-state index contributed by atoms with van der Waals surface area (Å²) in [7, 11) is 0. The summed E-state index contributed by atoms with van der Waals surface area (Å²) in [4.78, 5) is 24.3. The van der Waals surface area contributed by atoms with E-state index in [1.807, 2.05) is 36.5 Å². The maximum Gasteiger partial charge on any atom is 0.306 e. The monoisotopic (exact) mass is 727 g/mol. The Morgan fingerprint density at radius 2 is 1.06 bits per heavy atom. The second-order valence-electron chi connectivity index (χ2n) is 13.9. The van der Waals surface area contributed by atoms with Crippen molar-refractivity contribution >= 4 is 11.9 Å². The Balaban J connectivity index is 3.72. The molecule has 0 aromatic carbocycles. The van der Waals surface area contributed by atoms with Gasteiger partial charge in [0.1, 0.15) is 6.61 Å². The van der Waals surface area contributed by atoms with Crippen LogP contribution in [0.1, 0.15) is 181 Å². The first-order chi connectivity index (χ1) is 25.5. The van der Waals surface area contributed by atoms with Gasteiger partial charge in [0.25, 0.3) is 0 Å². The molecule has 298 valence electrons. The number of aliphatic hydroxyl groups excluding tert-OH is 2. The Morgan fingerprint density at radius 3 is 1.62 bits per heavy atom. The molecule has 2 N–H and O–H groups in total. The molecule has 6 nitrogen and oxygen atoms in total. The maximum atomic E-state index is 12.2. The minimum absolute atomic E-state index is 0.123. The van der Waals surface area contributed by atoms with E-state index in [0.717, 1.165) is 44.9 Å². The van der Waals surface area contributed by atoms with Crippen molar-refractivity contribution in [3.8, 4) is 0 Å². The second kappa shape index (κ2) is 41.1. The molecule has 0 amide bonds. The smallest absolute Gasteiger partial charge is 0.306 e. The highest BCUT2D eigenvalue weighted by Crippen LogP contribution is 2.15. The number of hydrogen-bond acceptors (Lipinski definition) is 6. The SMILES string of the molecule is CC/C=C\C/C=C\CC(O)/C=C/C=C\C/C=C\C/C=C\CCC(=O)OC[C@H](CO)OC(=O)CCCCCCCCCCCCCCCCCCCC. The predicted octanol–water partition coefficient (Wildman–Crippen LogP) is 12.3. The average molecular weight is 727 g/mol. The summed E-state index contributed by atoms with van der Waals surface area (Å²) in [6.45, 7) is 3.90. The lowest BCUT2D eigenvalue weighted by molar-refractivity contribution is -0.161. The zero-order valence-corrected chi connectivity index (χ0v) is 33.4. The summed E-state index contributed by atoms with van der Waals surface area (Å²) in [5, 5.41) is 19.5. The molecule has 0 aliphatic heterocycles. The molecule has 52 heavy (non-hydrogen) atoms. The first-order valence-electron chi connectivity index (χ1n) is 21.1. The molecule has 0 saturated carbocycles. The van der Waals surface area contributed by atoms with Crippen molar-refractivity contribution in [3.63, 3.8) is 0 Å². The zero-order valence-electron chi connectivity index (χ0n) is 33.4. The summed E-state index contributed by atoms with van der Waals surface area (Å²) < 4.78 is 10.5. The first kappa shape index (κ1) is 49.3. The number of allylic oxidation sites excluding steroid dienone is 10. The van der Waals surface area contributed by atoms with E-state index in [4.69, 9.17) is 9.47 Å². The fourth-order valence-corrected chi connectivity index (χ4v) is 5.66. The predicted molar refractivity (Wildman–Crippen MR) is 220 cm³/mol. The van der Waals surface area contributed by atoms with Crippen LogP contribution in [-0.4, -0.2) is 47.6 Å². The number of esters is 2. The van der Waals surface area contributed by atoms with Gasteiger partial charge in [0.15, 0.2) is 6.10 Å². The third kappa shape index (κ3) is 38.5. The van der Waals surface area contributed by atoms with Crippen LogP contribution in [0.3, 0.4) is 0 Å². The van der Waals surface area contributed by atoms with Gasteiger partial charge in [-0.3, -0.25) is 9.59 Å². The van der Waals surface area contributed by atoms with Gasteiger partial charge in [-0.1, -0.05) is 196 Å². The van der Waals surface area contributed by atoms with E-state index in [9.17, 15) is 19.8 Å². The van der Waals surface area contributed by atoms with E-state index >= 15 is 0 Å². The molecule has 0 saturated heterocycles. The largest absolute Gasteiger partial charge is 0.462 e. The topological polar surface area (TPSA) is 93.1 Å². The average Bonchev–Trinajstić information content (AvgIpc) is 3.14. The van der Waals surface area contributed by atoms with Crippen LogP contribution in [0.5, 0.6) is 0 Å². The molecule has 1 unspecified atom stereocenters. The Kier molecular flexibility index (Phi) is 38.9. The molecule has 0 aromatic heterocycles. The molecule has 0 spiro atoms. The van der Waals surface area contributed by atoms with Crippen LogP contribution in [0.15, 0.2) is 72.9 Å². The van der Waals surface area contributed by atoms with Gasteiger partial charge in [0.2, 0.25) is 0 Å². The molecule has 2 atom stereocenters. The molecular formula is C46H78O6. The van der Waals surface area contributed by atoms with Crippen LogP contribution in [0.2, 0.25) is 0 Å². The lowest BCUT2D eigenvalue weighted by atomic mass is 10.0. The van der Waals surface area contributed by atoms with Crippen molar-refractivity contribution in [1.29, 1.82) is 0 Å². The molecule has 0 aliphatic rings. The van der Waals surface area contributed by atoms with Gasteiger partial charge in [-0.05, 0) is 44.9 Å². The van der Waals surface area contributed by atoms with E-state index in [1.54, 1.807) is 6.08 Å². The number of carbonyl (C=O) groups excluding carboxylic acids is 2. The fourth-order valence-electron chi connectivity index (χ4n) is 5.66. The summed E-state index contributed by atoms with van der Waals surface area (Å²) in [6, 6.07) is 0. The lowest BCUT2D eigenvalue weighted by Gasteiger charge is -2.15. The van der Waals surface area contributed by atoms with E-state index in [0.29, 0.717) is 19.3 Å².